The molecule has 2 aromatic carbocycles. The van der Waals surface area contributed by atoms with Gasteiger partial charge in [0.15, 0.2) is 0 Å². The number of aryl methyl sites for hydroxylation is 1. The van der Waals surface area contributed by atoms with Crippen LogP contribution in [0.15, 0.2) is 36.4 Å². The predicted molar refractivity (Wildman–Crippen MR) is 110 cm³/mol. The number of anilines is 2. The Morgan fingerprint density at radius 3 is 2.46 bits per heavy atom. The van der Waals surface area contributed by atoms with Crippen LogP contribution in [0.5, 0.6) is 0 Å². The summed E-state index contributed by atoms with van der Waals surface area (Å²) in [5.41, 5.74) is 2.26. The van der Waals surface area contributed by atoms with Gasteiger partial charge in [0.05, 0.1) is 17.1 Å². The summed E-state index contributed by atoms with van der Waals surface area (Å²) in [6, 6.07) is 9.80. The molecule has 146 valence electrons. The van der Waals surface area contributed by atoms with Gasteiger partial charge in [-0.05, 0) is 55.7 Å². The Kier molecular flexibility index (Phi) is 6.21. The van der Waals surface area contributed by atoms with Crippen molar-refractivity contribution in [3.63, 3.8) is 0 Å². The smallest absolute Gasteiger partial charge is 0.253 e. The molecule has 0 spiro atoms. The van der Waals surface area contributed by atoms with E-state index in [9.17, 15) is 14.4 Å². The third-order valence-corrected chi connectivity index (χ3v) is 4.86. The maximum absolute atomic E-state index is 12.2. The molecule has 1 fully saturated rings. The minimum absolute atomic E-state index is 0.00626. The summed E-state index contributed by atoms with van der Waals surface area (Å²) >= 11 is 11.8. The highest BCUT2D eigenvalue weighted by Crippen LogP contribution is 2.30. The number of rotatable bonds is 6. The van der Waals surface area contributed by atoms with Gasteiger partial charge in [0, 0.05) is 22.3 Å². The van der Waals surface area contributed by atoms with Crippen molar-refractivity contribution < 1.29 is 14.4 Å². The van der Waals surface area contributed by atoms with Crippen LogP contribution in [0.4, 0.5) is 11.4 Å². The number of amides is 3. The van der Waals surface area contributed by atoms with E-state index in [1.54, 1.807) is 18.2 Å². The number of hydrogen-bond acceptors (Lipinski definition) is 3. The van der Waals surface area contributed by atoms with Crippen LogP contribution in [-0.2, 0) is 9.59 Å². The lowest BCUT2D eigenvalue weighted by atomic mass is 10.1. The van der Waals surface area contributed by atoms with Crippen LogP contribution in [0.25, 0.3) is 0 Å². The molecule has 1 aliphatic rings. The third-order valence-electron chi connectivity index (χ3n) is 4.31. The number of nitrogens with one attached hydrogen (secondary N) is 3. The first-order chi connectivity index (χ1) is 13.3. The first-order valence-electron chi connectivity index (χ1n) is 8.78. The van der Waals surface area contributed by atoms with Crippen molar-refractivity contribution >= 4 is 52.3 Å². The molecule has 1 aliphatic carbocycles. The van der Waals surface area contributed by atoms with Gasteiger partial charge in [0.25, 0.3) is 5.91 Å². The summed E-state index contributed by atoms with van der Waals surface area (Å²) < 4.78 is 0. The normalized spacial score (nSPS) is 13.0. The molecule has 0 aromatic heterocycles. The molecule has 28 heavy (non-hydrogen) atoms. The number of halogens is 2. The number of carbonyl (C=O) groups is 3. The van der Waals surface area contributed by atoms with Gasteiger partial charge in [-0.3, -0.25) is 14.4 Å². The Bertz CT molecular complexity index is 942. The van der Waals surface area contributed by atoms with Gasteiger partial charge in [0.2, 0.25) is 11.8 Å². The second-order valence-electron chi connectivity index (χ2n) is 6.65. The van der Waals surface area contributed by atoms with Crippen molar-refractivity contribution in [1.29, 1.82) is 0 Å². The highest BCUT2D eigenvalue weighted by atomic mass is 35.5. The Balaban J connectivity index is 1.58. The van der Waals surface area contributed by atoms with Gasteiger partial charge >= 0.3 is 0 Å². The molecule has 0 aliphatic heterocycles. The molecule has 3 amide bonds. The van der Waals surface area contributed by atoms with Crippen molar-refractivity contribution in [2.45, 2.75) is 19.8 Å². The molecule has 1 saturated carbocycles. The van der Waals surface area contributed by atoms with Crippen molar-refractivity contribution in [1.82, 2.24) is 5.32 Å². The van der Waals surface area contributed by atoms with E-state index < -0.39 is 11.8 Å². The maximum Gasteiger partial charge on any atom is 0.253 e. The highest BCUT2D eigenvalue weighted by molar-refractivity contribution is 6.36. The van der Waals surface area contributed by atoms with E-state index in [4.69, 9.17) is 23.2 Å². The SMILES string of the molecule is Cc1ccc(NC(=O)C2CC2)cc1NC(=O)CNC(=O)c1ccc(Cl)cc1Cl. The first kappa shape index (κ1) is 20.2. The van der Waals surface area contributed by atoms with E-state index in [-0.39, 0.29) is 29.0 Å². The van der Waals surface area contributed by atoms with Crippen molar-refractivity contribution in [2.75, 3.05) is 17.2 Å². The summed E-state index contributed by atoms with van der Waals surface area (Å²) in [6.45, 7) is 1.62. The van der Waals surface area contributed by atoms with E-state index in [1.165, 1.54) is 12.1 Å². The van der Waals surface area contributed by atoms with Crippen LogP contribution < -0.4 is 16.0 Å². The predicted octanol–water partition coefficient (Wildman–Crippen LogP) is 4.02. The monoisotopic (exact) mass is 419 g/mol. The fourth-order valence-corrected chi connectivity index (χ4v) is 3.04. The summed E-state index contributed by atoms with van der Waals surface area (Å²) in [5, 5.41) is 8.73. The summed E-state index contributed by atoms with van der Waals surface area (Å²) in [6.07, 6.45) is 1.83. The molecule has 6 nitrogen and oxygen atoms in total. The molecule has 0 saturated heterocycles. The van der Waals surface area contributed by atoms with E-state index >= 15 is 0 Å². The van der Waals surface area contributed by atoms with E-state index in [1.807, 2.05) is 13.0 Å². The van der Waals surface area contributed by atoms with Crippen LogP contribution in [0.1, 0.15) is 28.8 Å². The van der Waals surface area contributed by atoms with Crippen LogP contribution >= 0.6 is 23.2 Å². The van der Waals surface area contributed by atoms with Gasteiger partial charge in [-0.2, -0.15) is 0 Å². The molecule has 3 rings (SSSR count). The number of carbonyl (C=O) groups excluding carboxylic acids is 3. The average molecular weight is 420 g/mol. The zero-order valence-electron chi connectivity index (χ0n) is 15.1. The third kappa shape index (κ3) is 5.24. The molecular weight excluding hydrogens is 401 g/mol. The second kappa shape index (κ2) is 8.63. The largest absolute Gasteiger partial charge is 0.343 e. The fraction of sp³-hybridized carbons (Fsp3) is 0.250. The van der Waals surface area contributed by atoms with Gasteiger partial charge in [0.1, 0.15) is 0 Å². The first-order valence-corrected chi connectivity index (χ1v) is 9.53. The topological polar surface area (TPSA) is 87.3 Å². The maximum atomic E-state index is 12.2. The Morgan fingerprint density at radius 1 is 1.04 bits per heavy atom. The second-order valence-corrected chi connectivity index (χ2v) is 7.49. The number of benzene rings is 2. The van der Waals surface area contributed by atoms with Crippen LogP contribution in [-0.4, -0.2) is 24.3 Å². The minimum atomic E-state index is -0.473. The molecular formula is C20H19Cl2N3O3. The minimum Gasteiger partial charge on any atom is -0.343 e. The average Bonchev–Trinajstić information content (AvgIpc) is 3.48. The van der Waals surface area contributed by atoms with Crippen molar-refractivity contribution in [3.8, 4) is 0 Å². The van der Waals surface area contributed by atoms with Crippen LogP contribution in [0.2, 0.25) is 10.0 Å². The Hall–Kier alpha value is -2.57. The van der Waals surface area contributed by atoms with Crippen molar-refractivity contribution in [2.24, 2.45) is 5.92 Å². The molecule has 0 heterocycles. The molecule has 3 N–H and O–H groups in total. The van der Waals surface area contributed by atoms with Gasteiger partial charge in [-0.25, -0.2) is 0 Å². The van der Waals surface area contributed by atoms with E-state index in [0.717, 1.165) is 18.4 Å². The molecule has 0 bridgehead atoms. The lowest BCUT2D eigenvalue weighted by Gasteiger charge is -2.12. The molecule has 8 heteroatoms. The van der Waals surface area contributed by atoms with E-state index in [2.05, 4.69) is 16.0 Å². The summed E-state index contributed by atoms with van der Waals surface area (Å²) in [7, 11) is 0. The van der Waals surface area contributed by atoms with E-state index in [0.29, 0.717) is 16.4 Å². The standard InChI is InChI=1S/C20H19Cl2N3O3/c1-11-2-6-14(24-19(27)12-3-4-12)9-17(11)25-18(26)10-23-20(28)15-7-5-13(21)8-16(15)22/h2,5-9,12H,3-4,10H2,1H3,(H,23,28)(H,24,27)(H,25,26). The summed E-state index contributed by atoms with van der Waals surface area (Å²) in [5.74, 6) is -0.784. The molecule has 0 atom stereocenters. The van der Waals surface area contributed by atoms with Crippen molar-refractivity contribution in [3.05, 3.63) is 57.6 Å². The number of hydrogen-bond donors (Lipinski definition) is 3. The van der Waals surface area contributed by atoms with Gasteiger partial charge in [-0.1, -0.05) is 29.3 Å². The lowest BCUT2D eigenvalue weighted by Crippen LogP contribution is -2.33. The van der Waals surface area contributed by atoms with Gasteiger partial charge < -0.3 is 16.0 Å². The molecule has 2 aromatic rings. The zero-order chi connectivity index (χ0) is 20.3. The fourth-order valence-electron chi connectivity index (χ4n) is 2.55. The quantitative estimate of drug-likeness (QED) is 0.660. The van der Waals surface area contributed by atoms with Gasteiger partial charge in [-0.15, -0.1) is 0 Å². The highest BCUT2D eigenvalue weighted by Gasteiger charge is 2.29. The summed E-state index contributed by atoms with van der Waals surface area (Å²) in [4.78, 5) is 36.3. The molecule has 0 radical (unpaired) electrons. The Morgan fingerprint density at radius 2 is 1.79 bits per heavy atom. The van der Waals surface area contributed by atoms with Crippen LogP contribution in [0.3, 0.4) is 0 Å². The van der Waals surface area contributed by atoms with Crippen LogP contribution in [0, 0.1) is 12.8 Å². The lowest BCUT2D eigenvalue weighted by molar-refractivity contribution is -0.117. The molecule has 0 unspecified atom stereocenters. The zero-order valence-corrected chi connectivity index (χ0v) is 16.7. The Labute approximate surface area is 172 Å².